The minimum Gasteiger partial charge on any atom is -0.495 e. The molecular formula is C22H25BrN2O4S. The molecule has 2 aromatic carbocycles. The molecule has 0 heterocycles. The van der Waals surface area contributed by atoms with Crippen LogP contribution >= 0.6 is 15.9 Å². The van der Waals surface area contributed by atoms with Gasteiger partial charge >= 0.3 is 0 Å². The summed E-state index contributed by atoms with van der Waals surface area (Å²) in [5.74, 6) is 0.294. The molecular weight excluding hydrogens is 468 g/mol. The number of carbonyl (C=O) groups excluding carboxylic acids is 1. The molecule has 4 rings (SSSR count). The van der Waals surface area contributed by atoms with E-state index in [1.165, 1.54) is 19.2 Å². The van der Waals surface area contributed by atoms with Gasteiger partial charge in [0.1, 0.15) is 5.75 Å². The Morgan fingerprint density at radius 2 is 1.77 bits per heavy atom. The molecule has 2 aliphatic rings. The number of anilines is 1. The minimum atomic E-state index is -3.63. The summed E-state index contributed by atoms with van der Waals surface area (Å²) >= 11 is 3.45. The maximum Gasteiger partial charge on any atom is 0.240 e. The molecule has 0 atom stereocenters. The minimum absolute atomic E-state index is 0.00862. The molecule has 0 radical (unpaired) electrons. The highest BCUT2D eigenvalue weighted by Crippen LogP contribution is 2.43. The van der Waals surface area contributed by atoms with Crippen LogP contribution < -0.4 is 14.8 Å². The highest BCUT2D eigenvalue weighted by Gasteiger charge is 2.43. The predicted molar refractivity (Wildman–Crippen MR) is 119 cm³/mol. The SMILES string of the molecule is COc1ccc(S(=O)(=O)NC2CC2)cc1NC(=O)C1(c2ccc(Br)cc2)CCCC1. The van der Waals surface area contributed by atoms with E-state index < -0.39 is 15.4 Å². The third-order valence-electron chi connectivity index (χ3n) is 5.92. The molecule has 0 unspecified atom stereocenters. The van der Waals surface area contributed by atoms with Crippen molar-refractivity contribution in [3.05, 3.63) is 52.5 Å². The molecule has 0 aromatic heterocycles. The Kier molecular flexibility index (Phi) is 5.92. The fraction of sp³-hybridized carbons (Fsp3) is 0.409. The summed E-state index contributed by atoms with van der Waals surface area (Å²) in [6, 6.07) is 12.4. The van der Waals surface area contributed by atoms with Gasteiger partial charge in [-0.1, -0.05) is 40.9 Å². The zero-order valence-corrected chi connectivity index (χ0v) is 19.2. The van der Waals surface area contributed by atoms with Crippen LogP contribution in [0.1, 0.15) is 44.1 Å². The standard InChI is InChI=1S/C22H25BrN2O4S/c1-29-20-11-10-18(30(27,28)25-17-8-9-17)14-19(20)24-21(26)22(12-2-3-13-22)15-4-6-16(23)7-5-15/h4-7,10-11,14,17,25H,2-3,8-9,12-13H2,1H3,(H,24,26). The zero-order valence-electron chi connectivity index (χ0n) is 16.8. The fourth-order valence-electron chi connectivity index (χ4n) is 4.08. The first-order valence-electron chi connectivity index (χ1n) is 10.1. The normalized spacial score (nSPS) is 18.2. The number of hydrogen-bond donors (Lipinski definition) is 2. The number of ether oxygens (including phenoxy) is 1. The largest absolute Gasteiger partial charge is 0.495 e. The maximum atomic E-state index is 13.5. The van der Waals surface area contributed by atoms with Crippen molar-refractivity contribution in [1.29, 1.82) is 0 Å². The lowest BCUT2D eigenvalue weighted by Gasteiger charge is -2.29. The van der Waals surface area contributed by atoms with Crippen molar-refractivity contribution in [2.24, 2.45) is 0 Å². The van der Waals surface area contributed by atoms with Crippen LogP contribution in [0, 0.1) is 0 Å². The van der Waals surface area contributed by atoms with Crippen LogP contribution in [0.3, 0.4) is 0 Å². The first-order chi connectivity index (χ1) is 14.3. The number of carbonyl (C=O) groups is 1. The van der Waals surface area contributed by atoms with Gasteiger partial charge in [-0.3, -0.25) is 4.79 Å². The van der Waals surface area contributed by atoms with Crippen LogP contribution in [0.15, 0.2) is 51.8 Å². The topological polar surface area (TPSA) is 84.5 Å². The second-order valence-corrected chi connectivity index (χ2v) is 10.6. The van der Waals surface area contributed by atoms with Crippen molar-refractivity contribution in [3.63, 3.8) is 0 Å². The summed E-state index contributed by atoms with van der Waals surface area (Å²) in [6.07, 6.45) is 5.16. The average Bonchev–Trinajstić information content (AvgIpc) is 3.38. The Bertz CT molecular complexity index is 1040. The third kappa shape index (κ3) is 4.26. The van der Waals surface area contributed by atoms with Gasteiger partial charge < -0.3 is 10.1 Å². The summed E-state index contributed by atoms with van der Waals surface area (Å²) in [6.45, 7) is 0. The quantitative estimate of drug-likeness (QED) is 0.601. The molecule has 30 heavy (non-hydrogen) atoms. The van der Waals surface area contributed by atoms with E-state index >= 15 is 0 Å². The molecule has 0 bridgehead atoms. The van der Waals surface area contributed by atoms with Crippen molar-refractivity contribution >= 4 is 37.5 Å². The van der Waals surface area contributed by atoms with Gasteiger partial charge in [0, 0.05) is 10.5 Å². The smallest absolute Gasteiger partial charge is 0.240 e. The average molecular weight is 493 g/mol. The van der Waals surface area contributed by atoms with Crippen LogP contribution in [0.4, 0.5) is 5.69 Å². The molecule has 6 nitrogen and oxygen atoms in total. The van der Waals surface area contributed by atoms with E-state index in [2.05, 4.69) is 26.0 Å². The number of methoxy groups -OCH3 is 1. The molecule has 2 N–H and O–H groups in total. The van der Waals surface area contributed by atoms with Gasteiger partial charge in [0.2, 0.25) is 15.9 Å². The summed E-state index contributed by atoms with van der Waals surface area (Å²) in [7, 11) is -2.13. The summed E-state index contributed by atoms with van der Waals surface area (Å²) in [5.41, 5.74) is 0.704. The second-order valence-electron chi connectivity index (χ2n) is 8.01. The maximum absolute atomic E-state index is 13.5. The Labute approximate surface area is 185 Å². The zero-order chi connectivity index (χ0) is 21.4. The van der Waals surface area contributed by atoms with E-state index in [-0.39, 0.29) is 16.8 Å². The van der Waals surface area contributed by atoms with E-state index in [4.69, 9.17) is 4.74 Å². The molecule has 2 aliphatic carbocycles. The molecule has 1 amide bonds. The number of nitrogens with one attached hydrogen (secondary N) is 2. The summed E-state index contributed by atoms with van der Waals surface area (Å²) < 4.78 is 34.3. The Balaban J connectivity index is 1.65. The van der Waals surface area contributed by atoms with Crippen molar-refractivity contribution < 1.29 is 17.9 Å². The van der Waals surface area contributed by atoms with Crippen LogP contribution in [0.2, 0.25) is 0 Å². The van der Waals surface area contributed by atoms with Crippen molar-refractivity contribution in [3.8, 4) is 5.75 Å². The molecule has 0 aliphatic heterocycles. The second kappa shape index (κ2) is 8.32. The summed E-state index contributed by atoms with van der Waals surface area (Å²) in [5, 5.41) is 2.97. The van der Waals surface area contributed by atoms with E-state index in [0.29, 0.717) is 11.4 Å². The lowest BCUT2D eigenvalue weighted by atomic mass is 9.78. The van der Waals surface area contributed by atoms with Gasteiger partial charge in [0.15, 0.2) is 0 Å². The highest BCUT2D eigenvalue weighted by atomic mass is 79.9. The Morgan fingerprint density at radius 1 is 1.10 bits per heavy atom. The first kappa shape index (κ1) is 21.3. The number of hydrogen-bond acceptors (Lipinski definition) is 4. The predicted octanol–water partition coefficient (Wildman–Crippen LogP) is 4.35. The van der Waals surface area contributed by atoms with Crippen molar-refractivity contribution in [2.75, 3.05) is 12.4 Å². The number of amides is 1. The van der Waals surface area contributed by atoms with E-state index in [1.807, 2.05) is 24.3 Å². The van der Waals surface area contributed by atoms with Gasteiger partial charge in [0.05, 0.1) is 23.1 Å². The third-order valence-corrected chi connectivity index (χ3v) is 7.96. The Hall–Kier alpha value is -1.90. The number of benzene rings is 2. The van der Waals surface area contributed by atoms with Crippen LogP contribution in [-0.2, 0) is 20.2 Å². The molecule has 160 valence electrons. The fourth-order valence-corrected chi connectivity index (χ4v) is 5.67. The van der Waals surface area contributed by atoms with E-state index in [9.17, 15) is 13.2 Å². The molecule has 0 spiro atoms. The molecule has 2 aromatic rings. The van der Waals surface area contributed by atoms with Crippen LogP contribution in [0.5, 0.6) is 5.75 Å². The molecule has 0 saturated heterocycles. The van der Waals surface area contributed by atoms with E-state index in [1.54, 1.807) is 6.07 Å². The first-order valence-corrected chi connectivity index (χ1v) is 12.4. The van der Waals surface area contributed by atoms with Crippen LogP contribution in [-0.4, -0.2) is 27.5 Å². The van der Waals surface area contributed by atoms with Gasteiger partial charge in [-0.25, -0.2) is 13.1 Å². The van der Waals surface area contributed by atoms with Crippen LogP contribution in [0.25, 0.3) is 0 Å². The van der Waals surface area contributed by atoms with Gasteiger partial charge in [-0.15, -0.1) is 0 Å². The monoisotopic (exact) mass is 492 g/mol. The van der Waals surface area contributed by atoms with Gasteiger partial charge in [-0.2, -0.15) is 0 Å². The highest BCUT2D eigenvalue weighted by molar-refractivity contribution is 9.10. The number of rotatable bonds is 7. The van der Waals surface area contributed by atoms with Crippen molar-refractivity contribution in [1.82, 2.24) is 4.72 Å². The molecule has 8 heteroatoms. The van der Waals surface area contributed by atoms with Gasteiger partial charge in [0.25, 0.3) is 0 Å². The van der Waals surface area contributed by atoms with Crippen molar-refractivity contribution in [2.45, 2.75) is 54.9 Å². The Morgan fingerprint density at radius 3 is 2.37 bits per heavy atom. The molecule has 2 fully saturated rings. The number of halogens is 1. The van der Waals surface area contributed by atoms with E-state index in [0.717, 1.165) is 48.6 Å². The number of sulfonamides is 1. The summed E-state index contributed by atoms with van der Waals surface area (Å²) in [4.78, 5) is 13.6. The lowest BCUT2D eigenvalue weighted by molar-refractivity contribution is -0.121. The lowest BCUT2D eigenvalue weighted by Crippen LogP contribution is -2.38. The van der Waals surface area contributed by atoms with Gasteiger partial charge in [-0.05, 0) is 61.6 Å². The molecule has 2 saturated carbocycles.